The molecule has 0 aliphatic rings. The standard InChI is InChI=1S/C16H21FNO2P/c1-4-13(16(19)20-5-2)10-18-9-12-7-6-11(3)14(8-12)15(17)21/h4,6-8,10,15,18H,1,5,9,21H2,2-3H3/b13-10+. The van der Waals surface area contributed by atoms with Crippen molar-refractivity contribution in [2.45, 2.75) is 26.3 Å². The summed E-state index contributed by atoms with van der Waals surface area (Å²) < 4.78 is 18.3. The van der Waals surface area contributed by atoms with E-state index in [2.05, 4.69) is 21.1 Å². The smallest absolute Gasteiger partial charge is 0.339 e. The molecule has 1 rings (SSSR count). The van der Waals surface area contributed by atoms with Crippen LogP contribution in [-0.4, -0.2) is 12.6 Å². The highest BCUT2D eigenvalue weighted by atomic mass is 31.0. The topological polar surface area (TPSA) is 38.3 Å². The Balaban J connectivity index is 2.72. The molecular weight excluding hydrogens is 288 g/mol. The third kappa shape index (κ3) is 5.31. The van der Waals surface area contributed by atoms with E-state index in [1.54, 1.807) is 13.1 Å². The fourth-order valence-electron chi connectivity index (χ4n) is 1.79. The quantitative estimate of drug-likeness (QED) is 0.362. The van der Waals surface area contributed by atoms with Gasteiger partial charge in [-0.3, -0.25) is 0 Å². The summed E-state index contributed by atoms with van der Waals surface area (Å²) in [5, 5.41) is 3.01. The van der Waals surface area contributed by atoms with Crippen molar-refractivity contribution in [1.29, 1.82) is 0 Å². The second-order valence-electron chi connectivity index (χ2n) is 4.50. The van der Waals surface area contributed by atoms with Crippen LogP contribution in [0.1, 0.15) is 29.5 Å². The summed E-state index contributed by atoms with van der Waals surface area (Å²) in [5.74, 6) is -1.50. The normalized spacial score (nSPS) is 12.7. The molecule has 0 aromatic heterocycles. The molecule has 1 aromatic rings. The van der Waals surface area contributed by atoms with Gasteiger partial charge in [-0.2, -0.15) is 0 Å². The van der Waals surface area contributed by atoms with Gasteiger partial charge >= 0.3 is 5.97 Å². The molecule has 2 unspecified atom stereocenters. The van der Waals surface area contributed by atoms with Crippen LogP contribution in [0.25, 0.3) is 0 Å². The van der Waals surface area contributed by atoms with E-state index >= 15 is 0 Å². The molecule has 1 N–H and O–H groups in total. The summed E-state index contributed by atoms with van der Waals surface area (Å²) >= 11 is 0. The van der Waals surface area contributed by atoms with Gasteiger partial charge in [0.05, 0.1) is 12.2 Å². The number of alkyl halides is 1. The first-order valence-corrected chi connectivity index (χ1v) is 7.38. The number of benzene rings is 1. The largest absolute Gasteiger partial charge is 0.462 e. The lowest BCUT2D eigenvalue weighted by molar-refractivity contribution is -0.138. The Hall–Kier alpha value is -1.67. The predicted octanol–water partition coefficient (Wildman–Crippen LogP) is 3.56. The van der Waals surface area contributed by atoms with E-state index in [9.17, 15) is 9.18 Å². The zero-order valence-electron chi connectivity index (χ0n) is 12.4. The van der Waals surface area contributed by atoms with Gasteiger partial charge in [0.2, 0.25) is 0 Å². The number of hydrogen-bond donors (Lipinski definition) is 1. The Labute approximate surface area is 127 Å². The van der Waals surface area contributed by atoms with Gasteiger partial charge in [0.1, 0.15) is 5.91 Å². The second-order valence-corrected chi connectivity index (χ2v) is 5.08. The molecule has 0 saturated carbocycles. The molecule has 3 nitrogen and oxygen atoms in total. The van der Waals surface area contributed by atoms with Gasteiger partial charge in [-0.1, -0.05) is 40.1 Å². The van der Waals surface area contributed by atoms with E-state index < -0.39 is 11.9 Å². The summed E-state index contributed by atoms with van der Waals surface area (Å²) in [4.78, 5) is 11.6. The third-order valence-corrected chi connectivity index (χ3v) is 3.29. The van der Waals surface area contributed by atoms with E-state index in [4.69, 9.17) is 4.74 Å². The molecular formula is C16H21FNO2P. The Morgan fingerprint density at radius 1 is 1.57 bits per heavy atom. The fourth-order valence-corrected chi connectivity index (χ4v) is 2.15. The van der Waals surface area contributed by atoms with E-state index in [1.807, 2.05) is 25.1 Å². The molecule has 0 radical (unpaired) electrons. The highest BCUT2D eigenvalue weighted by molar-refractivity contribution is 7.16. The number of aryl methyl sites for hydroxylation is 1. The number of carbonyl (C=O) groups excluding carboxylic acids is 1. The minimum Gasteiger partial charge on any atom is -0.462 e. The molecule has 0 aliphatic heterocycles. The summed E-state index contributed by atoms with van der Waals surface area (Å²) in [6.07, 6.45) is 2.99. The number of halogens is 1. The first kappa shape index (κ1) is 17.4. The number of esters is 1. The summed E-state index contributed by atoms with van der Waals surface area (Å²) in [5.41, 5.74) is 2.86. The van der Waals surface area contributed by atoms with E-state index in [1.165, 1.54) is 6.08 Å². The lowest BCUT2D eigenvalue weighted by Gasteiger charge is -2.10. The molecule has 114 valence electrons. The molecule has 0 aliphatic carbocycles. The average molecular weight is 309 g/mol. The van der Waals surface area contributed by atoms with Crippen molar-refractivity contribution >= 4 is 15.2 Å². The Morgan fingerprint density at radius 2 is 2.29 bits per heavy atom. The minimum absolute atomic E-state index is 0.317. The first-order valence-electron chi connectivity index (χ1n) is 6.71. The third-order valence-electron chi connectivity index (χ3n) is 2.94. The number of carbonyl (C=O) groups is 1. The molecule has 0 saturated heterocycles. The van der Waals surface area contributed by atoms with Crippen LogP contribution in [-0.2, 0) is 16.1 Å². The fraction of sp³-hybridized carbons (Fsp3) is 0.312. The zero-order chi connectivity index (χ0) is 15.8. The van der Waals surface area contributed by atoms with Gasteiger partial charge in [-0.25, -0.2) is 9.18 Å². The van der Waals surface area contributed by atoms with E-state index in [0.717, 1.165) is 11.1 Å². The van der Waals surface area contributed by atoms with Crippen LogP contribution in [0.3, 0.4) is 0 Å². The average Bonchev–Trinajstić information content (AvgIpc) is 2.45. The van der Waals surface area contributed by atoms with Crippen LogP contribution in [0.2, 0.25) is 0 Å². The molecule has 5 heteroatoms. The molecule has 2 atom stereocenters. The van der Waals surface area contributed by atoms with Crippen LogP contribution in [0.5, 0.6) is 0 Å². The number of rotatable bonds is 7. The lowest BCUT2D eigenvalue weighted by atomic mass is 10.1. The molecule has 1 aromatic carbocycles. The molecule has 21 heavy (non-hydrogen) atoms. The first-order chi connectivity index (χ1) is 9.99. The van der Waals surface area contributed by atoms with Crippen molar-refractivity contribution in [3.05, 3.63) is 59.3 Å². The van der Waals surface area contributed by atoms with Gasteiger partial charge < -0.3 is 10.1 Å². The van der Waals surface area contributed by atoms with Crippen molar-refractivity contribution in [2.24, 2.45) is 0 Å². The van der Waals surface area contributed by atoms with Crippen LogP contribution < -0.4 is 5.32 Å². The lowest BCUT2D eigenvalue weighted by Crippen LogP contribution is -2.12. The maximum Gasteiger partial charge on any atom is 0.339 e. The van der Waals surface area contributed by atoms with E-state index in [-0.39, 0.29) is 0 Å². The van der Waals surface area contributed by atoms with Crippen molar-refractivity contribution in [2.75, 3.05) is 6.61 Å². The maximum atomic E-state index is 13.4. The molecule has 0 bridgehead atoms. The SMILES string of the molecule is C=C/C(=C\NCc1ccc(C)c(C(F)P)c1)C(=O)OCC. The second kappa shape index (κ2) is 8.58. The molecule has 0 fully saturated rings. The summed E-state index contributed by atoms with van der Waals surface area (Å²) in [6, 6.07) is 5.61. The Kier molecular flexibility index (Phi) is 7.10. The zero-order valence-corrected chi connectivity index (χ0v) is 13.5. The van der Waals surface area contributed by atoms with Crippen LogP contribution in [0.15, 0.2) is 42.6 Å². The van der Waals surface area contributed by atoms with Crippen molar-refractivity contribution in [1.82, 2.24) is 5.32 Å². The van der Waals surface area contributed by atoms with Gasteiger partial charge in [-0.15, -0.1) is 0 Å². The van der Waals surface area contributed by atoms with Gasteiger partial charge in [0.25, 0.3) is 0 Å². The van der Waals surface area contributed by atoms with Crippen LogP contribution >= 0.6 is 9.24 Å². The molecule has 0 spiro atoms. The van der Waals surface area contributed by atoms with Crippen LogP contribution in [0, 0.1) is 6.92 Å². The van der Waals surface area contributed by atoms with Crippen LogP contribution in [0.4, 0.5) is 4.39 Å². The predicted molar refractivity (Wildman–Crippen MR) is 86.5 cm³/mol. The number of ether oxygens (including phenoxy) is 1. The van der Waals surface area contributed by atoms with Gasteiger partial charge in [-0.05, 0) is 30.5 Å². The summed E-state index contributed by atoms with van der Waals surface area (Å²) in [7, 11) is 2.15. The van der Waals surface area contributed by atoms with Crippen molar-refractivity contribution < 1.29 is 13.9 Å². The Morgan fingerprint density at radius 3 is 2.86 bits per heavy atom. The maximum absolute atomic E-state index is 13.4. The number of hydrogen-bond acceptors (Lipinski definition) is 3. The minimum atomic E-state index is -1.08. The Bertz CT molecular complexity index is 541. The highest BCUT2D eigenvalue weighted by Crippen LogP contribution is 2.27. The highest BCUT2D eigenvalue weighted by Gasteiger charge is 2.08. The summed E-state index contributed by atoms with van der Waals surface area (Å²) in [6.45, 7) is 8.00. The van der Waals surface area contributed by atoms with Gasteiger partial charge in [0, 0.05) is 12.7 Å². The molecule has 0 heterocycles. The molecule has 0 amide bonds. The van der Waals surface area contributed by atoms with Gasteiger partial charge in [0.15, 0.2) is 0 Å². The number of nitrogens with one attached hydrogen (secondary N) is 1. The van der Waals surface area contributed by atoms with E-state index in [0.29, 0.717) is 24.3 Å². The van der Waals surface area contributed by atoms with Crippen molar-refractivity contribution in [3.63, 3.8) is 0 Å². The van der Waals surface area contributed by atoms with Crippen molar-refractivity contribution in [3.8, 4) is 0 Å². The monoisotopic (exact) mass is 309 g/mol.